The average molecular weight is 306 g/mol. The van der Waals surface area contributed by atoms with Crippen molar-refractivity contribution in [2.75, 3.05) is 6.54 Å². The van der Waals surface area contributed by atoms with Gasteiger partial charge in [0.15, 0.2) is 5.58 Å². The second-order valence-electron chi connectivity index (χ2n) is 6.11. The van der Waals surface area contributed by atoms with Crippen molar-refractivity contribution >= 4 is 22.6 Å². The topological polar surface area (TPSA) is 25.2 Å². The van der Waals surface area contributed by atoms with Gasteiger partial charge in [0.25, 0.3) is 0 Å². The molecule has 2 unspecified atom stereocenters. The highest BCUT2D eigenvalue weighted by Crippen LogP contribution is 2.36. The summed E-state index contributed by atoms with van der Waals surface area (Å²) >= 11 is 6.25. The van der Waals surface area contributed by atoms with Crippen molar-refractivity contribution in [2.24, 2.45) is 0 Å². The normalized spacial score (nSPS) is 23.3. The molecule has 2 nitrogen and oxygen atoms in total. The van der Waals surface area contributed by atoms with Crippen molar-refractivity contribution in [1.29, 1.82) is 0 Å². The van der Waals surface area contributed by atoms with Crippen LogP contribution in [0.25, 0.3) is 11.0 Å². The smallest absolute Gasteiger partial charge is 0.152 e. The van der Waals surface area contributed by atoms with E-state index in [9.17, 15) is 0 Å². The van der Waals surface area contributed by atoms with E-state index in [1.807, 2.05) is 12.1 Å². The summed E-state index contributed by atoms with van der Waals surface area (Å²) < 4.78 is 6.13. The number of fused-ring (bicyclic) bond motifs is 1. The summed E-state index contributed by atoms with van der Waals surface area (Å²) in [7, 11) is 0. The zero-order chi connectivity index (χ0) is 14.7. The lowest BCUT2D eigenvalue weighted by Gasteiger charge is -2.24. The number of hydrogen-bond acceptors (Lipinski definition) is 2. The molecule has 0 radical (unpaired) electrons. The monoisotopic (exact) mass is 305 g/mol. The fraction of sp³-hybridized carbons (Fsp3) is 0.556. The molecule has 0 aliphatic heterocycles. The summed E-state index contributed by atoms with van der Waals surface area (Å²) in [4.78, 5) is 0. The molecule has 1 saturated carbocycles. The lowest BCUT2D eigenvalue weighted by atomic mass is 9.92. The zero-order valence-corrected chi connectivity index (χ0v) is 13.5. The first kappa shape index (κ1) is 14.9. The van der Waals surface area contributed by atoms with Gasteiger partial charge >= 0.3 is 0 Å². The van der Waals surface area contributed by atoms with E-state index in [0.29, 0.717) is 17.0 Å². The Labute approximate surface area is 131 Å². The zero-order valence-electron chi connectivity index (χ0n) is 12.7. The van der Waals surface area contributed by atoms with Crippen molar-refractivity contribution in [2.45, 2.75) is 57.4 Å². The predicted octanol–water partition coefficient (Wildman–Crippen LogP) is 5.50. The average Bonchev–Trinajstić information content (AvgIpc) is 2.79. The number of hydrogen-bond donors (Lipinski definition) is 1. The lowest BCUT2D eigenvalue weighted by molar-refractivity contribution is 0.364. The van der Waals surface area contributed by atoms with Crippen LogP contribution in [0.3, 0.4) is 0 Å². The van der Waals surface area contributed by atoms with E-state index in [1.165, 1.54) is 38.5 Å². The Morgan fingerprint density at radius 2 is 2.10 bits per heavy atom. The second kappa shape index (κ2) is 6.85. The van der Waals surface area contributed by atoms with Crippen LogP contribution in [0.15, 0.2) is 28.7 Å². The maximum atomic E-state index is 6.25. The molecule has 0 saturated heterocycles. The Morgan fingerprint density at radius 1 is 1.24 bits per heavy atom. The number of benzene rings is 1. The van der Waals surface area contributed by atoms with Crippen LogP contribution in [0.1, 0.15) is 57.1 Å². The molecule has 0 bridgehead atoms. The molecule has 1 aromatic heterocycles. The molecule has 2 aromatic rings. The summed E-state index contributed by atoms with van der Waals surface area (Å²) in [6.45, 7) is 3.31. The van der Waals surface area contributed by atoms with Crippen molar-refractivity contribution in [3.8, 4) is 0 Å². The number of rotatable bonds is 4. The molecule has 1 aromatic carbocycles. The van der Waals surface area contributed by atoms with Gasteiger partial charge in [0.2, 0.25) is 0 Å². The fourth-order valence-corrected chi connectivity index (χ4v) is 3.67. The van der Waals surface area contributed by atoms with Gasteiger partial charge in [-0.15, -0.1) is 0 Å². The Kier molecular flexibility index (Phi) is 4.87. The number of halogens is 1. The minimum absolute atomic E-state index is 0.475. The lowest BCUT2D eigenvalue weighted by Crippen LogP contribution is -2.34. The van der Waals surface area contributed by atoms with Crippen LogP contribution in [0, 0.1) is 0 Å². The van der Waals surface area contributed by atoms with Crippen LogP contribution in [-0.2, 0) is 0 Å². The van der Waals surface area contributed by atoms with Crippen LogP contribution in [0.2, 0.25) is 5.02 Å². The molecule has 114 valence electrons. The molecular formula is C18H24ClNO. The quantitative estimate of drug-likeness (QED) is 0.754. The molecule has 2 atom stereocenters. The third-order valence-electron chi connectivity index (χ3n) is 4.55. The molecule has 1 fully saturated rings. The van der Waals surface area contributed by atoms with E-state index in [2.05, 4.69) is 24.4 Å². The largest absolute Gasteiger partial charge is 0.459 e. The van der Waals surface area contributed by atoms with Gasteiger partial charge in [-0.05, 0) is 37.9 Å². The highest BCUT2D eigenvalue weighted by atomic mass is 35.5. The Bertz CT molecular complexity index is 592. The molecule has 0 spiro atoms. The Hall–Kier alpha value is -0.990. The van der Waals surface area contributed by atoms with Gasteiger partial charge in [-0.3, -0.25) is 0 Å². The van der Waals surface area contributed by atoms with E-state index < -0.39 is 0 Å². The van der Waals surface area contributed by atoms with Crippen molar-refractivity contribution < 1.29 is 4.42 Å². The van der Waals surface area contributed by atoms with Gasteiger partial charge in [-0.2, -0.15) is 0 Å². The summed E-state index contributed by atoms with van der Waals surface area (Å²) in [6.07, 6.45) is 7.57. The molecule has 3 rings (SSSR count). The van der Waals surface area contributed by atoms with Crippen LogP contribution in [0.4, 0.5) is 0 Å². The van der Waals surface area contributed by atoms with Crippen LogP contribution in [-0.4, -0.2) is 12.6 Å². The molecule has 21 heavy (non-hydrogen) atoms. The molecule has 1 heterocycles. The predicted molar refractivity (Wildman–Crippen MR) is 89.1 cm³/mol. The maximum Gasteiger partial charge on any atom is 0.152 e. The van der Waals surface area contributed by atoms with E-state index >= 15 is 0 Å². The summed E-state index contributed by atoms with van der Waals surface area (Å²) in [5.41, 5.74) is 0.840. The number of para-hydroxylation sites is 1. The summed E-state index contributed by atoms with van der Waals surface area (Å²) in [5.74, 6) is 1.58. The fourth-order valence-electron chi connectivity index (χ4n) is 3.45. The van der Waals surface area contributed by atoms with E-state index in [1.54, 1.807) is 0 Å². The van der Waals surface area contributed by atoms with Crippen LogP contribution in [0.5, 0.6) is 0 Å². The Morgan fingerprint density at radius 3 is 2.90 bits per heavy atom. The highest BCUT2D eigenvalue weighted by Gasteiger charge is 2.27. The summed E-state index contributed by atoms with van der Waals surface area (Å²) in [5, 5.41) is 5.56. The molecular weight excluding hydrogens is 282 g/mol. The third-order valence-corrected chi connectivity index (χ3v) is 4.85. The van der Waals surface area contributed by atoms with Gasteiger partial charge < -0.3 is 9.73 Å². The SMILES string of the molecule is CCCNC1CCCCCC1c1cc2cccc(Cl)c2o1. The van der Waals surface area contributed by atoms with Gasteiger partial charge in [-0.25, -0.2) is 0 Å². The minimum atomic E-state index is 0.475. The first-order valence-electron chi connectivity index (χ1n) is 8.21. The second-order valence-corrected chi connectivity index (χ2v) is 6.52. The molecule has 3 heteroatoms. The van der Waals surface area contributed by atoms with Crippen molar-refractivity contribution in [3.63, 3.8) is 0 Å². The number of furan rings is 1. The van der Waals surface area contributed by atoms with Crippen molar-refractivity contribution in [3.05, 3.63) is 35.0 Å². The van der Waals surface area contributed by atoms with E-state index in [4.69, 9.17) is 16.0 Å². The van der Waals surface area contributed by atoms with Gasteiger partial charge in [0.05, 0.1) is 5.02 Å². The van der Waals surface area contributed by atoms with Crippen LogP contribution >= 0.6 is 11.6 Å². The maximum absolute atomic E-state index is 6.25. The van der Waals surface area contributed by atoms with Crippen molar-refractivity contribution in [1.82, 2.24) is 5.32 Å². The van der Waals surface area contributed by atoms with Gasteiger partial charge in [-0.1, -0.05) is 49.9 Å². The summed E-state index contributed by atoms with van der Waals surface area (Å²) in [6, 6.07) is 8.70. The van der Waals surface area contributed by atoms with Crippen LogP contribution < -0.4 is 5.32 Å². The molecule has 0 amide bonds. The van der Waals surface area contributed by atoms with E-state index in [-0.39, 0.29) is 0 Å². The highest BCUT2D eigenvalue weighted by molar-refractivity contribution is 6.34. The first-order chi connectivity index (χ1) is 10.3. The first-order valence-corrected chi connectivity index (χ1v) is 8.58. The Balaban J connectivity index is 1.90. The van der Waals surface area contributed by atoms with E-state index in [0.717, 1.165) is 23.3 Å². The third kappa shape index (κ3) is 3.27. The van der Waals surface area contributed by atoms with Gasteiger partial charge in [0.1, 0.15) is 5.76 Å². The van der Waals surface area contributed by atoms with Gasteiger partial charge in [0, 0.05) is 17.3 Å². The molecule has 1 N–H and O–H groups in total. The molecule has 1 aliphatic carbocycles. The molecule has 1 aliphatic rings. The standard InChI is InChI=1S/C18H24ClNO/c1-2-11-20-16-10-5-3-4-8-14(16)17-12-13-7-6-9-15(19)18(13)21-17/h6-7,9,12,14,16,20H,2-5,8,10-11H2,1H3. The number of nitrogens with one attached hydrogen (secondary N) is 1. The minimum Gasteiger partial charge on any atom is -0.459 e.